The van der Waals surface area contributed by atoms with Gasteiger partial charge in [-0.1, -0.05) is 12.1 Å². The van der Waals surface area contributed by atoms with Gasteiger partial charge in [-0.05, 0) is 43.4 Å². The van der Waals surface area contributed by atoms with Crippen LogP contribution in [0.15, 0.2) is 24.3 Å². The largest absolute Gasteiger partial charge is 0.481 e. The van der Waals surface area contributed by atoms with Crippen molar-refractivity contribution in [1.29, 1.82) is 0 Å². The van der Waals surface area contributed by atoms with Crippen LogP contribution in [0.1, 0.15) is 24.8 Å². The number of benzene rings is 1. The topological polar surface area (TPSA) is 46.5 Å². The molecule has 4 heteroatoms. The SMILES string of the molecule is O=C(O)C1(Cc2ccc(F)cc2)CC2CCC1O2. The number of carboxylic acids is 1. The maximum Gasteiger partial charge on any atom is 0.312 e. The monoisotopic (exact) mass is 250 g/mol. The molecular formula is C14H15FO3. The molecule has 3 rings (SSSR count). The lowest BCUT2D eigenvalue weighted by atomic mass is 9.70. The number of hydrogen-bond acceptors (Lipinski definition) is 2. The van der Waals surface area contributed by atoms with Crippen LogP contribution in [-0.2, 0) is 16.0 Å². The predicted molar refractivity (Wildman–Crippen MR) is 62.7 cm³/mol. The van der Waals surface area contributed by atoms with Crippen molar-refractivity contribution >= 4 is 5.97 Å². The van der Waals surface area contributed by atoms with Crippen molar-refractivity contribution in [2.75, 3.05) is 0 Å². The first kappa shape index (κ1) is 11.7. The minimum absolute atomic E-state index is 0.0894. The fourth-order valence-electron chi connectivity index (χ4n) is 3.25. The smallest absolute Gasteiger partial charge is 0.312 e. The number of carbonyl (C=O) groups is 1. The van der Waals surface area contributed by atoms with Crippen molar-refractivity contribution < 1.29 is 19.0 Å². The first-order valence-electron chi connectivity index (χ1n) is 6.23. The second kappa shape index (κ2) is 4.05. The standard InChI is InChI=1S/C14H15FO3/c15-10-3-1-9(2-4-10)7-14(13(16)17)8-11-5-6-12(14)18-11/h1-4,11-12H,5-8H2,(H,16,17). The van der Waals surface area contributed by atoms with Crippen LogP contribution in [0.2, 0.25) is 0 Å². The summed E-state index contributed by atoms with van der Waals surface area (Å²) in [6, 6.07) is 6.07. The molecule has 3 nitrogen and oxygen atoms in total. The Morgan fingerprint density at radius 2 is 2.11 bits per heavy atom. The van der Waals surface area contributed by atoms with Crippen molar-refractivity contribution in [1.82, 2.24) is 0 Å². The van der Waals surface area contributed by atoms with Gasteiger partial charge < -0.3 is 9.84 Å². The Morgan fingerprint density at radius 1 is 1.39 bits per heavy atom. The number of halogens is 1. The lowest BCUT2D eigenvalue weighted by Crippen LogP contribution is -2.42. The third kappa shape index (κ3) is 1.72. The molecule has 0 amide bonds. The molecule has 2 saturated heterocycles. The van der Waals surface area contributed by atoms with Crippen molar-refractivity contribution in [2.24, 2.45) is 5.41 Å². The molecule has 0 radical (unpaired) electrons. The first-order chi connectivity index (χ1) is 8.60. The summed E-state index contributed by atoms with van der Waals surface area (Å²) in [5.41, 5.74) is 0.0377. The zero-order chi connectivity index (χ0) is 12.8. The van der Waals surface area contributed by atoms with Gasteiger partial charge in [-0.3, -0.25) is 4.79 Å². The molecule has 18 heavy (non-hydrogen) atoms. The predicted octanol–water partition coefficient (Wildman–Crippen LogP) is 2.39. The van der Waals surface area contributed by atoms with Gasteiger partial charge in [0, 0.05) is 0 Å². The summed E-state index contributed by atoms with van der Waals surface area (Å²) >= 11 is 0. The van der Waals surface area contributed by atoms with E-state index in [0.29, 0.717) is 12.8 Å². The van der Waals surface area contributed by atoms with E-state index in [4.69, 9.17) is 4.74 Å². The zero-order valence-electron chi connectivity index (χ0n) is 9.93. The molecule has 3 atom stereocenters. The lowest BCUT2D eigenvalue weighted by molar-refractivity contribution is -0.152. The van der Waals surface area contributed by atoms with Gasteiger partial charge in [0.25, 0.3) is 0 Å². The fourth-order valence-corrected chi connectivity index (χ4v) is 3.25. The van der Waals surface area contributed by atoms with Crippen LogP contribution >= 0.6 is 0 Å². The number of aliphatic carboxylic acids is 1. The van der Waals surface area contributed by atoms with Crippen LogP contribution in [0.4, 0.5) is 4.39 Å². The Morgan fingerprint density at radius 3 is 2.61 bits per heavy atom. The van der Waals surface area contributed by atoms with Crippen molar-refractivity contribution in [3.63, 3.8) is 0 Å². The summed E-state index contributed by atoms with van der Waals surface area (Å²) < 4.78 is 18.6. The molecule has 2 aliphatic heterocycles. The van der Waals surface area contributed by atoms with Crippen LogP contribution in [0, 0.1) is 11.2 Å². The number of hydrogen-bond donors (Lipinski definition) is 1. The molecule has 2 fully saturated rings. The van der Waals surface area contributed by atoms with E-state index < -0.39 is 11.4 Å². The Labute approximate surface area is 105 Å². The number of ether oxygens (including phenoxy) is 1. The average Bonchev–Trinajstić information content (AvgIpc) is 2.93. The minimum atomic E-state index is -0.819. The molecule has 1 aromatic carbocycles. The number of fused-ring (bicyclic) bond motifs is 2. The molecule has 2 bridgehead atoms. The quantitative estimate of drug-likeness (QED) is 0.896. The van der Waals surface area contributed by atoms with Crippen LogP contribution in [0.25, 0.3) is 0 Å². The molecule has 0 aromatic heterocycles. The highest BCUT2D eigenvalue weighted by Crippen LogP contribution is 2.49. The average molecular weight is 250 g/mol. The Kier molecular flexibility index (Phi) is 2.63. The molecule has 2 aliphatic rings. The highest BCUT2D eigenvalue weighted by atomic mass is 19.1. The normalized spacial score (nSPS) is 33.8. The molecular weight excluding hydrogens is 235 g/mol. The van der Waals surface area contributed by atoms with E-state index >= 15 is 0 Å². The number of rotatable bonds is 3. The van der Waals surface area contributed by atoms with Crippen molar-refractivity contribution in [3.05, 3.63) is 35.6 Å². The van der Waals surface area contributed by atoms with Crippen LogP contribution < -0.4 is 0 Å². The third-order valence-electron chi connectivity index (χ3n) is 4.17. The van der Waals surface area contributed by atoms with E-state index in [2.05, 4.69) is 0 Å². The highest BCUT2D eigenvalue weighted by Gasteiger charge is 2.57. The molecule has 1 N–H and O–H groups in total. The third-order valence-corrected chi connectivity index (χ3v) is 4.17. The van der Waals surface area contributed by atoms with Crippen LogP contribution in [-0.4, -0.2) is 23.3 Å². The van der Waals surface area contributed by atoms with Crippen molar-refractivity contribution in [2.45, 2.75) is 37.9 Å². The first-order valence-corrected chi connectivity index (χ1v) is 6.23. The fraction of sp³-hybridized carbons (Fsp3) is 0.500. The van der Waals surface area contributed by atoms with E-state index in [1.165, 1.54) is 12.1 Å². The number of carboxylic acid groups (broad SMARTS) is 1. The van der Waals surface area contributed by atoms with Gasteiger partial charge in [-0.2, -0.15) is 0 Å². The molecule has 0 spiro atoms. The van der Waals surface area contributed by atoms with Gasteiger partial charge in [0.1, 0.15) is 11.2 Å². The van der Waals surface area contributed by atoms with E-state index in [-0.39, 0.29) is 18.0 Å². The Hall–Kier alpha value is -1.42. The van der Waals surface area contributed by atoms with E-state index in [1.54, 1.807) is 12.1 Å². The molecule has 2 heterocycles. The Bertz CT molecular complexity index is 470. The van der Waals surface area contributed by atoms with Crippen LogP contribution in [0.5, 0.6) is 0 Å². The summed E-state index contributed by atoms with van der Waals surface area (Å²) in [5.74, 6) is -1.09. The second-order valence-electron chi connectivity index (χ2n) is 5.29. The summed E-state index contributed by atoms with van der Waals surface area (Å²) in [6.45, 7) is 0. The molecule has 0 aliphatic carbocycles. The highest BCUT2D eigenvalue weighted by molar-refractivity contribution is 5.76. The maximum absolute atomic E-state index is 12.9. The van der Waals surface area contributed by atoms with Gasteiger partial charge in [0.15, 0.2) is 0 Å². The van der Waals surface area contributed by atoms with Crippen molar-refractivity contribution in [3.8, 4) is 0 Å². The Balaban J connectivity index is 1.88. The molecule has 0 saturated carbocycles. The van der Waals surface area contributed by atoms with E-state index in [1.807, 2.05) is 0 Å². The van der Waals surface area contributed by atoms with Gasteiger partial charge >= 0.3 is 5.97 Å². The van der Waals surface area contributed by atoms with Gasteiger partial charge in [-0.15, -0.1) is 0 Å². The van der Waals surface area contributed by atoms with Gasteiger partial charge in [-0.25, -0.2) is 4.39 Å². The summed E-state index contributed by atoms with van der Waals surface area (Å²) in [6.07, 6.45) is 2.67. The van der Waals surface area contributed by atoms with E-state index in [0.717, 1.165) is 18.4 Å². The summed E-state index contributed by atoms with van der Waals surface area (Å²) in [5, 5.41) is 9.55. The molecule has 1 aromatic rings. The second-order valence-corrected chi connectivity index (χ2v) is 5.29. The maximum atomic E-state index is 12.9. The van der Waals surface area contributed by atoms with Crippen LogP contribution in [0.3, 0.4) is 0 Å². The molecule has 96 valence electrons. The van der Waals surface area contributed by atoms with E-state index in [9.17, 15) is 14.3 Å². The van der Waals surface area contributed by atoms with Gasteiger partial charge in [0.05, 0.1) is 12.2 Å². The zero-order valence-corrected chi connectivity index (χ0v) is 9.93. The van der Waals surface area contributed by atoms with Gasteiger partial charge in [0.2, 0.25) is 0 Å². The summed E-state index contributed by atoms with van der Waals surface area (Å²) in [4.78, 5) is 11.6. The summed E-state index contributed by atoms with van der Waals surface area (Å²) in [7, 11) is 0. The minimum Gasteiger partial charge on any atom is -0.481 e. The lowest BCUT2D eigenvalue weighted by Gasteiger charge is -2.31. The molecule has 3 unspecified atom stereocenters.